The van der Waals surface area contributed by atoms with Gasteiger partial charge in [-0.15, -0.1) is 0 Å². The highest BCUT2D eigenvalue weighted by Crippen LogP contribution is 2.15. The first-order chi connectivity index (χ1) is 8.99. The van der Waals surface area contributed by atoms with Crippen LogP contribution in [0, 0.1) is 6.92 Å². The maximum Gasteiger partial charge on any atom is 0.244 e. The lowest BCUT2D eigenvalue weighted by Gasteiger charge is -2.18. The van der Waals surface area contributed by atoms with Crippen molar-refractivity contribution >= 4 is 17.5 Å². The Labute approximate surface area is 116 Å². The van der Waals surface area contributed by atoms with Gasteiger partial charge in [0.05, 0.1) is 23.5 Å². The predicted molar refractivity (Wildman–Crippen MR) is 71.7 cm³/mol. The van der Waals surface area contributed by atoms with Crippen molar-refractivity contribution in [3.8, 4) is 0 Å². The Morgan fingerprint density at radius 1 is 1.47 bits per heavy atom. The Morgan fingerprint density at radius 2 is 2.21 bits per heavy atom. The molecule has 0 saturated carbocycles. The Kier molecular flexibility index (Phi) is 3.90. The minimum atomic E-state index is -0.0240. The van der Waals surface area contributed by atoms with Gasteiger partial charge in [0.1, 0.15) is 6.54 Å². The largest absolute Gasteiger partial charge is 0.338 e. The van der Waals surface area contributed by atoms with Crippen molar-refractivity contribution in [3.05, 3.63) is 34.9 Å². The molecule has 2 aromatic heterocycles. The van der Waals surface area contributed by atoms with E-state index in [0.717, 1.165) is 11.4 Å². The number of halogens is 1. The number of likely N-dealkylation sites (N-methyl/N-ethyl adjacent to an activating group) is 1. The molecule has 102 valence electrons. The molecule has 0 aromatic carbocycles. The molecule has 0 fully saturated rings. The second kappa shape index (κ2) is 5.44. The van der Waals surface area contributed by atoms with Gasteiger partial charge in [-0.1, -0.05) is 11.6 Å². The van der Waals surface area contributed by atoms with Gasteiger partial charge < -0.3 is 4.90 Å². The van der Waals surface area contributed by atoms with Crippen LogP contribution in [-0.4, -0.2) is 37.4 Å². The second-order valence-electron chi connectivity index (χ2n) is 4.44. The molecule has 0 saturated heterocycles. The molecule has 0 spiro atoms. The molecule has 6 nitrogen and oxygen atoms in total. The highest BCUT2D eigenvalue weighted by molar-refractivity contribution is 6.31. The van der Waals surface area contributed by atoms with Crippen LogP contribution in [0.3, 0.4) is 0 Å². The molecular weight excluding hydrogens is 266 g/mol. The summed E-state index contributed by atoms with van der Waals surface area (Å²) in [7, 11) is 3.54. The van der Waals surface area contributed by atoms with Crippen LogP contribution in [0.4, 0.5) is 0 Å². The third kappa shape index (κ3) is 2.96. The van der Waals surface area contributed by atoms with Crippen molar-refractivity contribution in [1.82, 2.24) is 24.5 Å². The van der Waals surface area contributed by atoms with Crippen LogP contribution in [0.5, 0.6) is 0 Å². The van der Waals surface area contributed by atoms with E-state index in [9.17, 15) is 4.79 Å². The normalized spacial score (nSPS) is 10.7. The third-order valence-corrected chi connectivity index (χ3v) is 3.35. The molecule has 7 heteroatoms. The molecule has 0 radical (unpaired) electrons. The molecule has 0 unspecified atom stereocenters. The van der Waals surface area contributed by atoms with E-state index >= 15 is 0 Å². The average molecular weight is 282 g/mol. The van der Waals surface area contributed by atoms with Crippen LogP contribution in [0.15, 0.2) is 18.5 Å². The first-order valence-corrected chi connectivity index (χ1v) is 6.25. The number of aryl methyl sites for hydroxylation is 2. The first-order valence-electron chi connectivity index (χ1n) is 5.87. The van der Waals surface area contributed by atoms with Crippen LogP contribution in [0.25, 0.3) is 0 Å². The highest BCUT2D eigenvalue weighted by Gasteiger charge is 2.15. The number of aromatic nitrogens is 4. The van der Waals surface area contributed by atoms with E-state index < -0.39 is 0 Å². The Bertz CT molecular complexity index is 569. The number of hydrogen-bond acceptors (Lipinski definition) is 3. The van der Waals surface area contributed by atoms with Gasteiger partial charge in [0.2, 0.25) is 5.91 Å². The first kappa shape index (κ1) is 13.6. The van der Waals surface area contributed by atoms with Crippen LogP contribution in [-0.2, 0) is 24.9 Å². The molecular formula is C12H16ClN5O. The van der Waals surface area contributed by atoms with Gasteiger partial charge in [0.15, 0.2) is 0 Å². The number of rotatable bonds is 4. The smallest absolute Gasteiger partial charge is 0.244 e. The van der Waals surface area contributed by atoms with E-state index in [0.29, 0.717) is 11.6 Å². The van der Waals surface area contributed by atoms with E-state index in [-0.39, 0.29) is 12.5 Å². The van der Waals surface area contributed by atoms with Gasteiger partial charge in [0, 0.05) is 26.0 Å². The fraction of sp³-hybridized carbons (Fsp3) is 0.417. The molecule has 0 bridgehead atoms. The number of carbonyl (C=O) groups excluding carboxylic acids is 1. The lowest BCUT2D eigenvalue weighted by atomic mass is 10.3. The fourth-order valence-corrected chi connectivity index (χ4v) is 1.97. The van der Waals surface area contributed by atoms with Crippen molar-refractivity contribution in [2.75, 3.05) is 7.05 Å². The summed E-state index contributed by atoms with van der Waals surface area (Å²) in [6.07, 6.45) is 3.26. The topological polar surface area (TPSA) is 56.0 Å². The summed E-state index contributed by atoms with van der Waals surface area (Å²) in [6, 6.07) is 1.87. The molecule has 0 N–H and O–H groups in total. The molecule has 0 aliphatic rings. The third-order valence-electron chi connectivity index (χ3n) is 3.04. The molecule has 2 heterocycles. The zero-order valence-electron chi connectivity index (χ0n) is 11.2. The van der Waals surface area contributed by atoms with Gasteiger partial charge in [-0.3, -0.25) is 14.2 Å². The van der Waals surface area contributed by atoms with Crippen LogP contribution >= 0.6 is 11.6 Å². The van der Waals surface area contributed by atoms with E-state index in [4.69, 9.17) is 11.6 Å². The molecule has 2 aromatic rings. The Hall–Kier alpha value is -1.82. The van der Waals surface area contributed by atoms with Crippen molar-refractivity contribution in [2.24, 2.45) is 7.05 Å². The molecule has 0 atom stereocenters. The van der Waals surface area contributed by atoms with E-state index in [1.807, 2.05) is 13.0 Å². The standard InChI is InChI=1S/C12H16ClN5O/c1-9-4-5-14-18(9)8-12(19)16(2)7-11-10(13)6-15-17(11)3/h4-6H,7-8H2,1-3H3. The predicted octanol–water partition coefficient (Wildman–Crippen LogP) is 1.24. The summed E-state index contributed by atoms with van der Waals surface area (Å²) in [6.45, 7) is 2.57. The number of carbonyl (C=O) groups is 1. The lowest BCUT2D eigenvalue weighted by molar-refractivity contribution is -0.131. The maximum atomic E-state index is 12.1. The average Bonchev–Trinajstić information content (AvgIpc) is 2.90. The van der Waals surface area contributed by atoms with E-state index in [1.165, 1.54) is 0 Å². The summed E-state index contributed by atoms with van der Waals surface area (Å²) in [5.74, 6) is -0.0240. The fourth-order valence-electron chi connectivity index (χ4n) is 1.74. The Morgan fingerprint density at radius 3 is 2.74 bits per heavy atom. The highest BCUT2D eigenvalue weighted by atomic mass is 35.5. The number of hydrogen-bond donors (Lipinski definition) is 0. The summed E-state index contributed by atoms with van der Waals surface area (Å²) in [5, 5.41) is 8.71. The molecule has 0 aliphatic carbocycles. The monoisotopic (exact) mass is 281 g/mol. The Balaban J connectivity index is 2.02. The van der Waals surface area contributed by atoms with Gasteiger partial charge >= 0.3 is 0 Å². The molecule has 0 aliphatic heterocycles. The number of amides is 1. The van der Waals surface area contributed by atoms with Crippen molar-refractivity contribution in [2.45, 2.75) is 20.0 Å². The van der Waals surface area contributed by atoms with Crippen LogP contribution in [0.2, 0.25) is 5.02 Å². The van der Waals surface area contributed by atoms with E-state index in [2.05, 4.69) is 10.2 Å². The molecule has 2 rings (SSSR count). The van der Waals surface area contributed by atoms with Crippen molar-refractivity contribution in [3.63, 3.8) is 0 Å². The van der Waals surface area contributed by atoms with Gasteiger partial charge in [0.25, 0.3) is 0 Å². The zero-order valence-corrected chi connectivity index (χ0v) is 11.9. The molecule has 19 heavy (non-hydrogen) atoms. The van der Waals surface area contributed by atoms with Gasteiger partial charge in [-0.2, -0.15) is 10.2 Å². The lowest BCUT2D eigenvalue weighted by Crippen LogP contribution is -2.31. The van der Waals surface area contributed by atoms with E-state index in [1.54, 1.807) is 40.8 Å². The quantitative estimate of drug-likeness (QED) is 0.847. The van der Waals surface area contributed by atoms with Crippen molar-refractivity contribution < 1.29 is 4.79 Å². The zero-order chi connectivity index (χ0) is 14.0. The van der Waals surface area contributed by atoms with Crippen molar-refractivity contribution in [1.29, 1.82) is 0 Å². The summed E-state index contributed by atoms with van der Waals surface area (Å²) in [5.41, 5.74) is 1.77. The summed E-state index contributed by atoms with van der Waals surface area (Å²) in [4.78, 5) is 13.7. The summed E-state index contributed by atoms with van der Waals surface area (Å²) >= 11 is 6.02. The minimum absolute atomic E-state index is 0.0240. The van der Waals surface area contributed by atoms with Gasteiger partial charge in [-0.05, 0) is 13.0 Å². The second-order valence-corrected chi connectivity index (χ2v) is 4.85. The van der Waals surface area contributed by atoms with Crippen LogP contribution < -0.4 is 0 Å². The molecule has 1 amide bonds. The maximum absolute atomic E-state index is 12.1. The minimum Gasteiger partial charge on any atom is -0.338 e. The van der Waals surface area contributed by atoms with Crippen LogP contribution in [0.1, 0.15) is 11.4 Å². The SMILES string of the molecule is Cc1ccnn1CC(=O)N(C)Cc1c(Cl)cnn1C. The van der Waals surface area contributed by atoms with Gasteiger partial charge in [-0.25, -0.2) is 0 Å². The summed E-state index contributed by atoms with van der Waals surface area (Å²) < 4.78 is 3.34. The number of nitrogens with zero attached hydrogens (tertiary/aromatic N) is 5.